The van der Waals surface area contributed by atoms with Crippen molar-refractivity contribution in [2.24, 2.45) is 0 Å². The Morgan fingerprint density at radius 1 is 0.882 bits per heavy atom. The molecule has 1 saturated heterocycles. The summed E-state index contributed by atoms with van der Waals surface area (Å²) in [6.07, 6.45) is -5.63. The first-order valence-electron chi connectivity index (χ1n) is 11.8. The molecule has 178 valence electrons. The van der Waals surface area contributed by atoms with E-state index in [0.29, 0.717) is 0 Å². The van der Waals surface area contributed by atoms with E-state index in [2.05, 4.69) is 5.32 Å². The summed E-state index contributed by atoms with van der Waals surface area (Å²) in [6.45, 7) is -0.751. The third kappa shape index (κ3) is 4.75. The van der Waals surface area contributed by atoms with E-state index < -0.39 is 49.1 Å². The van der Waals surface area contributed by atoms with Crippen LogP contribution in [-0.2, 0) is 19.9 Å². The Kier molecular flexibility index (Phi) is 6.99. The minimum absolute atomic E-state index is 0.174. The van der Waals surface area contributed by atoms with Crippen molar-refractivity contribution < 1.29 is 31.0 Å². The molecule has 1 aliphatic rings. The minimum atomic E-state index is -1.59. The van der Waals surface area contributed by atoms with E-state index in [0.717, 1.165) is 16.7 Å². The Balaban J connectivity index is 1.68. The lowest BCUT2D eigenvalue weighted by atomic mass is 9.80. The van der Waals surface area contributed by atoms with Gasteiger partial charge in [0.25, 0.3) is 0 Å². The maximum Gasteiger partial charge on any atom is 0.217 e. The lowest BCUT2D eigenvalue weighted by Gasteiger charge is -2.43. The van der Waals surface area contributed by atoms with Crippen LogP contribution in [-0.4, -0.2) is 58.5 Å². The second-order valence-electron chi connectivity index (χ2n) is 8.23. The number of nitrogens with one attached hydrogen (secondary N) is 1. The van der Waals surface area contributed by atoms with Crippen molar-refractivity contribution in [1.29, 1.82) is 0 Å². The van der Waals surface area contributed by atoms with Gasteiger partial charge in [0.2, 0.25) is 5.91 Å². The normalized spacial score (nSPS) is 25.4. The Bertz CT molecular complexity index is 988. The van der Waals surface area contributed by atoms with Crippen LogP contribution in [0.25, 0.3) is 0 Å². The molecule has 34 heavy (non-hydrogen) atoms. The van der Waals surface area contributed by atoms with Gasteiger partial charge in [-0.05, 0) is 16.7 Å². The molecular formula is C27H29NO6. The Labute approximate surface area is 200 Å². The zero-order chi connectivity index (χ0) is 24.8. The largest absolute Gasteiger partial charge is 0.388 e. The molecule has 7 nitrogen and oxygen atoms in total. The highest BCUT2D eigenvalue weighted by Gasteiger charge is 2.46. The molecule has 7 heteroatoms. The zero-order valence-corrected chi connectivity index (χ0v) is 18.5. The van der Waals surface area contributed by atoms with Crippen LogP contribution in [0.15, 0.2) is 91.0 Å². The minimum Gasteiger partial charge on any atom is -0.388 e. The van der Waals surface area contributed by atoms with E-state index in [1.807, 2.05) is 91.0 Å². The molecule has 5 atom stereocenters. The maximum absolute atomic E-state index is 11.6. The molecule has 1 fully saturated rings. The Hall–Kier alpha value is -3.07. The first-order chi connectivity index (χ1) is 17.0. The average Bonchev–Trinajstić information content (AvgIpc) is 2.91. The molecular weight excluding hydrogens is 434 g/mol. The van der Waals surface area contributed by atoms with Gasteiger partial charge in [-0.1, -0.05) is 91.0 Å². The summed E-state index contributed by atoms with van der Waals surface area (Å²) in [7, 11) is 0. The van der Waals surface area contributed by atoms with E-state index in [-0.39, 0.29) is 6.61 Å². The molecule has 0 aliphatic carbocycles. The van der Waals surface area contributed by atoms with Crippen molar-refractivity contribution >= 4 is 5.91 Å². The van der Waals surface area contributed by atoms with Gasteiger partial charge in [0.05, 0.1) is 6.61 Å². The summed E-state index contributed by atoms with van der Waals surface area (Å²) in [5.74, 6) is -0.699. The van der Waals surface area contributed by atoms with Crippen LogP contribution < -0.4 is 5.32 Å². The van der Waals surface area contributed by atoms with Gasteiger partial charge in [-0.15, -0.1) is 0 Å². The number of aliphatic hydroxyl groups is 3. The van der Waals surface area contributed by atoms with Gasteiger partial charge in [-0.3, -0.25) is 4.79 Å². The third-order valence-corrected chi connectivity index (χ3v) is 6.05. The lowest BCUT2D eigenvalue weighted by Crippen LogP contribution is -2.64. The van der Waals surface area contributed by atoms with E-state index >= 15 is 0 Å². The van der Waals surface area contributed by atoms with Gasteiger partial charge in [0, 0.05) is 8.27 Å². The van der Waals surface area contributed by atoms with Gasteiger partial charge < -0.3 is 30.1 Å². The van der Waals surface area contributed by atoms with Crippen molar-refractivity contribution in [2.75, 3.05) is 6.61 Å². The average molecular weight is 465 g/mol. The molecule has 0 radical (unpaired) electrons. The number of rotatable bonds is 7. The van der Waals surface area contributed by atoms with Gasteiger partial charge >= 0.3 is 0 Å². The molecule has 0 bridgehead atoms. The predicted octanol–water partition coefficient (Wildman–Crippen LogP) is 1.94. The molecule has 4 rings (SSSR count). The summed E-state index contributed by atoms with van der Waals surface area (Å²) in [4.78, 5) is 11.6. The molecule has 4 N–H and O–H groups in total. The van der Waals surface area contributed by atoms with E-state index in [9.17, 15) is 20.1 Å². The molecule has 0 saturated carbocycles. The van der Waals surface area contributed by atoms with Gasteiger partial charge in [0.15, 0.2) is 6.29 Å². The standard InChI is InChI=1S/C27H29NO6/c1-18(29)28-23-25(31)24(30)22(34-26(23)32)17-33-27(19-11-5-2-6-12-19,20-13-7-3-8-14-20)21-15-9-4-10-16-21/h2-16,22-26,30-32H,17H2,1H3,(H,28,29)/t22-,23-,24-,25-,26?/m1/s1/i1D. The van der Waals surface area contributed by atoms with Crippen molar-refractivity contribution in [2.45, 2.75) is 43.1 Å². The van der Waals surface area contributed by atoms with Gasteiger partial charge in [0.1, 0.15) is 30.0 Å². The number of hydrogen-bond donors (Lipinski definition) is 4. The fourth-order valence-corrected chi connectivity index (χ4v) is 4.40. The first-order valence-corrected chi connectivity index (χ1v) is 11.1. The van der Waals surface area contributed by atoms with Crippen LogP contribution in [0.5, 0.6) is 0 Å². The van der Waals surface area contributed by atoms with Crippen LogP contribution in [0.2, 0.25) is 0 Å². The topological polar surface area (TPSA) is 108 Å². The quantitative estimate of drug-likeness (QED) is 0.398. The van der Waals surface area contributed by atoms with E-state index in [1.54, 1.807) is 0 Å². The second-order valence-corrected chi connectivity index (χ2v) is 8.23. The van der Waals surface area contributed by atoms with Crippen LogP contribution in [0.4, 0.5) is 0 Å². The SMILES string of the molecule is [2H]CC(=O)N[C@H]1C(O)O[C@H](COC(c2ccccc2)(c2ccccc2)c2ccccc2)[C@@H](O)[C@@H]1O. The summed E-state index contributed by atoms with van der Waals surface area (Å²) >= 11 is 0. The highest BCUT2D eigenvalue weighted by atomic mass is 16.6. The van der Waals surface area contributed by atoms with Crippen LogP contribution in [0.1, 0.15) is 25.0 Å². The highest BCUT2D eigenvalue weighted by Crippen LogP contribution is 2.41. The molecule has 0 aromatic heterocycles. The number of amides is 1. The number of hydrogen-bond acceptors (Lipinski definition) is 6. The number of aliphatic hydroxyl groups excluding tert-OH is 3. The zero-order valence-electron chi connectivity index (χ0n) is 19.5. The summed E-state index contributed by atoms with van der Waals surface area (Å²) in [5.41, 5.74) is 1.48. The number of ether oxygens (including phenoxy) is 2. The molecule has 1 amide bonds. The van der Waals surface area contributed by atoms with Crippen LogP contribution in [0.3, 0.4) is 0 Å². The van der Waals surface area contributed by atoms with Crippen LogP contribution >= 0.6 is 0 Å². The fourth-order valence-electron chi connectivity index (χ4n) is 4.40. The Morgan fingerprint density at radius 3 is 1.79 bits per heavy atom. The third-order valence-electron chi connectivity index (χ3n) is 6.05. The molecule has 1 heterocycles. The molecule has 1 aliphatic heterocycles. The predicted molar refractivity (Wildman–Crippen MR) is 126 cm³/mol. The number of benzene rings is 3. The number of carbonyl (C=O) groups is 1. The lowest BCUT2D eigenvalue weighted by molar-refractivity contribution is -0.261. The van der Waals surface area contributed by atoms with E-state index in [1.165, 1.54) is 0 Å². The molecule has 1 unspecified atom stereocenters. The van der Waals surface area contributed by atoms with Gasteiger partial charge in [-0.2, -0.15) is 0 Å². The summed E-state index contributed by atoms with van der Waals surface area (Å²) in [5, 5.41) is 34.1. The molecule has 0 spiro atoms. The smallest absolute Gasteiger partial charge is 0.217 e. The second kappa shape index (κ2) is 10.5. The van der Waals surface area contributed by atoms with E-state index in [4.69, 9.17) is 10.8 Å². The van der Waals surface area contributed by atoms with Crippen molar-refractivity contribution in [3.05, 3.63) is 108 Å². The first kappa shape index (κ1) is 22.7. The summed E-state index contributed by atoms with van der Waals surface area (Å²) in [6, 6.07) is 27.7. The molecule has 3 aromatic carbocycles. The van der Waals surface area contributed by atoms with Crippen LogP contribution in [0, 0.1) is 0 Å². The highest BCUT2D eigenvalue weighted by molar-refractivity contribution is 5.73. The fraction of sp³-hybridized carbons (Fsp3) is 0.296. The van der Waals surface area contributed by atoms with Gasteiger partial charge in [-0.25, -0.2) is 0 Å². The monoisotopic (exact) mass is 464 g/mol. The van der Waals surface area contributed by atoms with Crippen molar-refractivity contribution in [1.82, 2.24) is 5.32 Å². The maximum atomic E-state index is 11.6. The van der Waals surface area contributed by atoms with Crippen molar-refractivity contribution in [3.63, 3.8) is 0 Å². The Morgan fingerprint density at radius 2 is 1.35 bits per heavy atom. The summed E-state index contributed by atoms with van der Waals surface area (Å²) < 4.78 is 19.3. The number of carbonyl (C=O) groups excluding carboxylic acids is 1. The molecule has 3 aromatic rings. The van der Waals surface area contributed by atoms with Crippen molar-refractivity contribution in [3.8, 4) is 0 Å².